The first-order valence-electron chi connectivity index (χ1n) is 7.20. The van der Waals surface area contributed by atoms with Crippen molar-refractivity contribution in [3.8, 4) is 0 Å². The second kappa shape index (κ2) is 5.58. The summed E-state index contributed by atoms with van der Waals surface area (Å²) in [5.74, 6) is 0.619. The molecule has 0 fully saturated rings. The van der Waals surface area contributed by atoms with E-state index in [0.29, 0.717) is 5.92 Å². The summed E-state index contributed by atoms with van der Waals surface area (Å²) in [4.78, 5) is 0. The molecule has 1 atom stereocenters. The van der Waals surface area contributed by atoms with E-state index in [0.717, 1.165) is 25.9 Å². The van der Waals surface area contributed by atoms with Crippen LogP contribution in [0.4, 0.5) is 0 Å². The molecule has 0 aliphatic carbocycles. The summed E-state index contributed by atoms with van der Waals surface area (Å²) in [7, 11) is 0. The number of hydrogen-bond donors (Lipinski definition) is 1. The highest BCUT2D eigenvalue weighted by atomic mass is 14.9. The molecule has 1 aliphatic rings. The van der Waals surface area contributed by atoms with Gasteiger partial charge in [-0.15, -0.1) is 0 Å². The topological polar surface area (TPSA) is 12.0 Å². The van der Waals surface area contributed by atoms with Gasteiger partial charge in [0, 0.05) is 6.54 Å². The molecule has 1 heterocycles. The zero-order valence-corrected chi connectivity index (χ0v) is 11.5. The normalized spacial score (nSPS) is 18.7. The first kappa shape index (κ1) is 12.4. The van der Waals surface area contributed by atoms with Gasteiger partial charge in [-0.3, -0.25) is 0 Å². The van der Waals surface area contributed by atoms with E-state index in [1.807, 2.05) is 0 Å². The van der Waals surface area contributed by atoms with E-state index in [1.165, 1.54) is 11.1 Å². The van der Waals surface area contributed by atoms with Crippen molar-refractivity contribution >= 4 is 0 Å². The Labute approximate surface area is 115 Å². The summed E-state index contributed by atoms with van der Waals surface area (Å²) in [6, 6.07) is 17.6. The van der Waals surface area contributed by atoms with Gasteiger partial charge in [0.2, 0.25) is 0 Å². The van der Waals surface area contributed by atoms with Crippen molar-refractivity contribution in [1.82, 2.24) is 5.32 Å². The molecule has 0 radical (unpaired) electrons. The molecule has 1 heteroatoms. The Hall–Kier alpha value is -1.60. The van der Waals surface area contributed by atoms with Crippen molar-refractivity contribution in [3.05, 3.63) is 70.8 Å². The summed E-state index contributed by atoms with van der Waals surface area (Å²) in [5.41, 5.74) is 6.02. The number of hydrogen-bond acceptors (Lipinski definition) is 1. The van der Waals surface area contributed by atoms with Crippen LogP contribution in [0, 0.1) is 0 Å². The molecule has 2 aromatic carbocycles. The zero-order chi connectivity index (χ0) is 13.1. The molecule has 0 saturated heterocycles. The van der Waals surface area contributed by atoms with Gasteiger partial charge in [-0.25, -0.2) is 0 Å². The van der Waals surface area contributed by atoms with Gasteiger partial charge in [0.25, 0.3) is 0 Å². The lowest BCUT2D eigenvalue weighted by Crippen LogP contribution is -2.18. The smallest absolute Gasteiger partial charge is 0.00177 e. The van der Waals surface area contributed by atoms with Gasteiger partial charge in [0.1, 0.15) is 0 Å². The van der Waals surface area contributed by atoms with Crippen molar-refractivity contribution in [2.75, 3.05) is 13.1 Å². The maximum Gasteiger partial charge on any atom is 0.00177 e. The second-order valence-corrected chi connectivity index (χ2v) is 5.50. The third-order valence-corrected chi connectivity index (χ3v) is 4.08. The Bertz CT molecular complexity index is 545. The van der Waals surface area contributed by atoms with Crippen molar-refractivity contribution < 1.29 is 0 Å². The van der Waals surface area contributed by atoms with Gasteiger partial charge in [0.05, 0.1) is 0 Å². The molecule has 1 unspecified atom stereocenters. The van der Waals surface area contributed by atoms with Gasteiger partial charge >= 0.3 is 0 Å². The molecular formula is C18H21N. The largest absolute Gasteiger partial charge is 0.316 e. The van der Waals surface area contributed by atoms with Gasteiger partial charge in [-0.2, -0.15) is 0 Å². The number of fused-ring (bicyclic) bond motifs is 1. The molecule has 1 nitrogen and oxygen atoms in total. The molecule has 1 aliphatic heterocycles. The summed E-state index contributed by atoms with van der Waals surface area (Å²) in [6.07, 6.45) is 2.21. The molecular weight excluding hydrogens is 230 g/mol. The average Bonchev–Trinajstić information content (AvgIpc) is 2.63. The summed E-state index contributed by atoms with van der Waals surface area (Å²) in [6.45, 7) is 4.52. The van der Waals surface area contributed by atoms with Crippen LogP contribution in [-0.4, -0.2) is 13.1 Å². The quantitative estimate of drug-likeness (QED) is 0.861. The monoisotopic (exact) mass is 251 g/mol. The molecule has 98 valence electrons. The molecule has 0 saturated carbocycles. The first-order chi connectivity index (χ1) is 9.34. The Balaban J connectivity index is 1.96. The van der Waals surface area contributed by atoms with E-state index in [2.05, 4.69) is 60.8 Å². The Morgan fingerprint density at radius 3 is 2.74 bits per heavy atom. The molecule has 0 aromatic heterocycles. The van der Waals surface area contributed by atoms with Crippen LogP contribution in [0.5, 0.6) is 0 Å². The fraction of sp³-hybridized carbons (Fsp3) is 0.333. The number of nitrogens with one attached hydrogen (secondary N) is 1. The summed E-state index contributed by atoms with van der Waals surface area (Å²) >= 11 is 0. The van der Waals surface area contributed by atoms with E-state index in [9.17, 15) is 0 Å². The minimum absolute atomic E-state index is 0.619. The zero-order valence-electron chi connectivity index (χ0n) is 11.5. The molecule has 19 heavy (non-hydrogen) atoms. The van der Waals surface area contributed by atoms with Crippen molar-refractivity contribution in [1.29, 1.82) is 0 Å². The first-order valence-corrected chi connectivity index (χ1v) is 7.20. The van der Waals surface area contributed by atoms with Gasteiger partial charge in [-0.05, 0) is 47.6 Å². The third-order valence-electron chi connectivity index (χ3n) is 4.08. The van der Waals surface area contributed by atoms with Crippen LogP contribution in [0.25, 0.3) is 0 Å². The lowest BCUT2D eigenvalue weighted by atomic mass is 9.89. The number of rotatable bonds is 2. The van der Waals surface area contributed by atoms with Crippen LogP contribution in [-0.2, 0) is 12.8 Å². The van der Waals surface area contributed by atoms with Crippen molar-refractivity contribution in [3.63, 3.8) is 0 Å². The fourth-order valence-corrected chi connectivity index (χ4v) is 3.04. The molecule has 0 amide bonds. The molecule has 3 rings (SSSR count). The van der Waals surface area contributed by atoms with Crippen molar-refractivity contribution in [2.24, 2.45) is 0 Å². The van der Waals surface area contributed by atoms with Crippen LogP contribution in [0.1, 0.15) is 35.1 Å². The summed E-state index contributed by atoms with van der Waals surface area (Å²) in [5, 5.41) is 3.54. The van der Waals surface area contributed by atoms with E-state index in [4.69, 9.17) is 0 Å². The lowest BCUT2D eigenvalue weighted by molar-refractivity contribution is 0.644. The molecule has 0 bridgehead atoms. The minimum atomic E-state index is 0.619. The highest BCUT2D eigenvalue weighted by molar-refractivity contribution is 5.41. The van der Waals surface area contributed by atoms with Crippen molar-refractivity contribution in [2.45, 2.75) is 25.7 Å². The Morgan fingerprint density at radius 2 is 1.89 bits per heavy atom. The van der Waals surface area contributed by atoms with Gasteiger partial charge < -0.3 is 5.32 Å². The average molecular weight is 251 g/mol. The molecule has 1 N–H and O–H groups in total. The standard InChI is InChI=1S/C18H21N/c1-14-13-19-11-10-18-16(8-5-9-17(14)18)12-15-6-3-2-4-7-15/h2-9,14,19H,10-13H2,1H3. The van der Waals surface area contributed by atoms with Gasteiger partial charge in [-0.1, -0.05) is 55.5 Å². The van der Waals surface area contributed by atoms with E-state index in [-0.39, 0.29) is 0 Å². The molecule has 0 spiro atoms. The highest BCUT2D eigenvalue weighted by Gasteiger charge is 2.16. The van der Waals surface area contributed by atoms with Gasteiger partial charge in [0.15, 0.2) is 0 Å². The van der Waals surface area contributed by atoms with Crippen LogP contribution < -0.4 is 5.32 Å². The predicted molar refractivity (Wildman–Crippen MR) is 80.7 cm³/mol. The fourth-order valence-electron chi connectivity index (χ4n) is 3.04. The highest BCUT2D eigenvalue weighted by Crippen LogP contribution is 2.26. The molecule has 2 aromatic rings. The second-order valence-electron chi connectivity index (χ2n) is 5.50. The maximum atomic E-state index is 3.54. The van der Waals surface area contributed by atoms with E-state index in [1.54, 1.807) is 11.1 Å². The maximum absolute atomic E-state index is 3.54. The summed E-state index contributed by atoms with van der Waals surface area (Å²) < 4.78 is 0. The predicted octanol–water partition coefficient (Wildman–Crippen LogP) is 3.53. The third kappa shape index (κ3) is 2.71. The van der Waals surface area contributed by atoms with E-state index >= 15 is 0 Å². The SMILES string of the molecule is CC1CNCCc2c(Cc3ccccc3)cccc21. The van der Waals surface area contributed by atoms with Crippen LogP contribution >= 0.6 is 0 Å². The Morgan fingerprint density at radius 1 is 1.05 bits per heavy atom. The van der Waals surface area contributed by atoms with Crippen LogP contribution in [0.15, 0.2) is 48.5 Å². The minimum Gasteiger partial charge on any atom is -0.316 e. The number of benzene rings is 2. The van der Waals surface area contributed by atoms with E-state index < -0.39 is 0 Å². The Kier molecular flexibility index (Phi) is 3.65. The lowest BCUT2D eigenvalue weighted by Gasteiger charge is -2.16. The van der Waals surface area contributed by atoms with Crippen LogP contribution in [0.3, 0.4) is 0 Å². The van der Waals surface area contributed by atoms with Crippen LogP contribution in [0.2, 0.25) is 0 Å².